The predicted octanol–water partition coefficient (Wildman–Crippen LogP) is 3.08. The van der Waals surface area contributed by atoms with Gasteiger partial charge in [-0.2, -0.15) is 0 Å². The molecule has 0 aliphatic heterocycles. The summed E-state index contributed by atoms with van der Waals surface area (Å²) in [5.41, 5.74) is 0.0980. The van der Waals surface area contributed by atoms with Crippen molar-refractivity contribution in [2.24, 2.45) is 0 Å². The molecule has 20 heavy (non-hydrogen) atoms. The van der Waals surface area contributed by atoms with Crippen molar-refractivity contribution < 1.29 is 9.90 Å². The maximum Gasteiger partial charge on any atom is 0.227 e. The molecule has 1 aromatic carbocycles. The minimum atomic E-state index is -1.20. The van der Waals surface area contributed by atoms with Gasteiger partial charge in [-0.3, -0.25) is 9.78 Å². The molecule has 1 heterocycles. The molecule has 0 radical (unpaired) electrons. The van der Waals surface area contributed by atoms with Crippen LogP contribution in [0, 0.1) is 0 Å². The molecule has 0 aliphatic rings. The molecule has 2 N–H and O–H groups in total. The molecule has 1 aromatic heterocycles. The number of carbonyl (C=O) groups excluding carboxylic acids is 1. The van der Waals surface area contributed by atoms with Gasteiger partial charge in [0.2, 0.25) is 5.91 Å². The van der Waals surface area contributed by atoms with Crippen LogP contribution >= 0.6 is 15.9 Å². The van der Waals surface area contributed by atoms with E-state index in [4.69, 9.17) is 0 Å². The molecule has 1 amide bonds. The molecule has 5 heteroatoms. The van der Waals surface area contributed by atoms with Crippen LogP contribution in [0.25, 0.3) is 0 Å². The zero-order valence-corrected chi connectivity index (χ0v) is 12.6. The van der Waals surface area contributed by atoms with Gasteiger partial charge >= 0.3 is 0 Å². The fourth-order valence-corrected chi connectivity index (χ4v) is 2.26. The van der Waals surface area contributed by atoms with Crippen LogP contribution in [-0.2, 0) is 10.4 Å². The van der Waals surface area contributed by atoms with Crippen molar-refractivity contribution in [3.05, 3.63) is 58.8 Å². The highest BCUT2D eigenvalue weighted by atomic mass is 79.9. The number of pyridine rings is 1. The van der Waals surface area contributed by atoms with Crippen molar-refractivity contribution in [3.8, 4) is 0 Å². The van der Waals surface area contributed by atoms with Crippen LogP contribution in [0.5, 0.6) is 0 Å². The average Bonchev–Trinajstić information content (AvgIpc) is 2.39. The van der Waals surface area contributed by atoms with E-state index < -0.39 is 5.60 Å². The van der Waals surface area contributed by atoms with Gasteiger partial charge < -0.3 is 10.4 Å². The SMILES string of the molecule is CC(O)(CC(=O)Nc1cncc(Br)c1)c1ccccc1. The molecule has 1 unspecified atom stereocenters. The zero-order chi connectivity index (χ0) is 14.6. The highest BCUT2D eigenvalue weighted by Crippen LogP contribution is 2.24. The summed E-state index contributed by atoms with van der Waals surface area (Å²) in [4.78, 5) is 16.0. The molecule has 4 nitrogen and oxygen atoms in total. The number of carbonyl (C=O) groups is 1. The summed E-state index contributed by atoms with van der Waals surface area (Å²) in [6.07, 6.45) is 3.17. The van der Waals surface area contributed by atoms with Crippen molar-refractivity contribution in [2.75, 3.05) is 5.32 Å². The van der Waals surface area contributed by atoms with Crippen molar-refractivity contribution in [3.63, 3.8) is 0 Å². The summed E-state index contributed by atoms with van der Waals surface area (Å²) in [6, 6.07) is 10.9. The number of aliphatic hydroxyl groups is 1. The summed E-state index contributed by atoms with van der Waals surface area (Å²) in [5.74, 6) is -0.265. The molecule has 2 rings (SSSR count). The number of nitrogens with zero attached hydrogens (tertiary/aromatic N) is 1. The number of benzene rings is 1. The fourth-order valence-electron chi connectivity index (χ4n) is 1.90. The summed E-state index contributed by atoms with van der Waals surface area (Å²) >= 11 is 3.29. The Morgan fingerprint density at radius 2 is 2.05 bits per heavy atom. The van der Waals surface area contributed by atoms with Gasteiger partial charge in [0.1, 0.15) is 0 Å². The van der Waals surface area contributed by atoms with E-state index in [-0.39, 0.29) is 12.3 Å². The van der Waals surface area contributed by atoms with E-state index in [0.29, 0.717) is 11.3 Å². The maximum absolute atomic E-state index is 12.0. The van der Waals surface area contributed by atoms with E-state index in [9.17, 15) is 9.90 Å². The van der Waals surface area contributed by atoms with Gasteiger partial charge in [0.15, 0.2) is 0 Å². The molecule has 0 spiro atoms. The van der Waals surface area contributed by atoms with Gasteiger partial charge in [0.25, 0.3) is 0 Å². The lowest BCUT2D eigenvalue weighted by molar-refractivity contribution is -0.120. The van der Waals surface area contributed by atoms with E-state index in [2.05, 4.69) is 26.2 Å². The molecule has 0 saturated carbocycles. The number of halogens is 1. The highest BCUT2D eigenvalue weighted by molar-refractivity contribution is 9.10. The molecular formula is C15H15BrN2O2. The molecule has 0 saturated heterocycles. The number of anilines is 1. The number of amides is 1. The third-order valence-corrected chi connectivity index (χ3v) is 3.32. The van der Waals surface area contributed by atoms with Crippen LogP contribution in [-0.4, -0.2) is 16.0 Å². The lowest BCUT2D eigenvalue weighted by Gasteiger charge is -2.23. The van der Waals surface area contributed by atoms with Crippen LogP contribution in [0.2, 0.25) is 0 Å². The van der Waals surface area contributed by atoms with E-state index in [1.54, 1.807) is 37.5 Å². The zero-order valence-electron chi connectivity index (χ0n) is 11.0. The number of hydrogen-bond donors (Lipinski definition) is 2. The van der Waals surface area contributed by atoms with E-state index in [1.807, 2.05) is 18.2 Å². The van der Waals surface area contributed by atoms with Crippen molar-refractivity contribution in [1.29, 1.82) is 0 Å². The Kier molecular flexibility index (Phi) is 4.52. The molecule has 0 fully saturated rings. The first-order valence-corrected chi connectivity index (χ1v) is 6.95. The molecular weight excluding hydrogens is 320 g/mol. The van der Waals surface area contributed by atoms with Gasteiger partial charge in [-0.05, 0) is 34.5 Å². The van der Waals surface area contributed by atoms with E-state index >= 15 is 0 Å². The third kappa shape index (κ3) is 3.88. The second kappa shape index (κ2) is 6.15. The quantitative estimate of drug-likeness (QED) is 0.903. The van der Waals surface area contributed by atoms with E-state index in [1.165, 1.54) is 0 Å². The van der Waals surface area contributed by atoms with Gasteiger partial charge in [0.05, 0.1) is 23.9 Å². The minimum Gasteiger partial charge on any atom is -0.385 e. The van der Waals surface area contributed by atoms with Crippen LogP contribution in [0.1, 0.15) is 18.9 Å². The Balaban J connectivity index is 2.04. The van der Waals surface area contributed by atoms with Crippen LogP contribution in [0.4, 0.5) is 5.69 Å². The van der Waals surface area contributed by atoms with Crippen LogP contribution in [0.15, 0.2) is 53.3 Å². The summed E-state index contributed by atoms with van der Waals surface area (Å²) in [6.45, 7) is 1.63. The van der Waals surface area contributed by atoms with Crippen molar-refractivity contribution in [1.82, 2.24) is 4.98 Å². The Morgan fingerprint density at radius 3 is 2.70 bits per heavy atom. The Labute approximate surface area is 126 Å². The fraction of sp³-hybridized carbons (Fsp3) is 0.200. The van der Waals surface area contributed by atoms with Gasteiger partial charge in [-0.15, -0.1) is 0 Å². The standard InChI is InChI=1S/C15H15BrN2O2/c1-15(20,11-5-3-2-4-6-11)8-14(19)18-13-7-12(16)9-17-10-13/h2-7,9-10,20H,8H2,1H3,(H,18,19). The minimum absolute atomic E-state index is 0.0243. The largest absolute Gasteiger partial charge is 0.385 e. The number of aromatic nitrogens is 1. The Hall–Kier alpha value is -1.72. The van der Waals surface area contributed by atoms with Gasteiger partial charge in [-0.25, -0.2) is 0 Å². The second-order valence-corrected chi connectivity index (χ2v) is 5.67. The number of rotatable bonds is 4. The average molecular weight is 335 g/mol. The first-order chi connectivity index (χ1) is 9.47. The number of nitrogens with one attached hydrogen (secondary N) is 1. The molecule has 1 atom stereocenters. The Morgan fingerprint density at radius 1 is 1.35 bits per heavy atom. The monoisotopic (exact) mass is 334 g/mol. The number of hydrogen-bond acceptors (Lipinski definition) is 3. The lowest BCUT2D eigenvalue weighted by Crippen LogP contribution is -2.28. The van der Waals surface area contributed by atoms with E-state index in [0.717, 1.165) is 4.47 Å². The molecule has 0 bridgehead atoms. The smallest absolute Gasteiger partial charge is 0.227 e. The first kappa shape index (κ1) is 14.7. The predicted molar refractivity (Wildman–Crippen MR) is 81.2 cm³/mol. The highest BCUT2D eigenvalue weighted by Gasteiger charge is 2.26. The van der Waals surface area contributed by atoms with Crippen molar-refractivity contribution in [2.45, 2.75) is 18.9 Å². The second-order valence-electron chi connectivity index (χ2n) is 4.76. The van der Waals surface area contributed by atoms with Gasteiger partial charge in [0, 0.05) is 10.7 Å². The van der Waals surface area contributed by atoms with Crippen LogP contribution < -0.4 is 5.32 Å². The Bertz CT molecular complexity index is 600. The third-order valence-electron chi connectivity index (χ3n) is 2.89. The summed E-state index contributed by atoms with van der Waals surface area (Å²) in [7, 11) is 0. The normalized spacial score (nSPS) is 13.6. The van der Waals surface area contributed by atoms with Crippen LogP contribution in [0.3, 0.4) is 0 Å². The molecule has 2 aromatic rings. The van der Waals surface area contributed by atoms with Gasteiger partial charge in [-0.1, -0.05) is 30.3 Å². The molecule has 104 valence electrons. The lowest BCUT2D eigenvalue weighted by atomic mass is 9.92. The summed E-state index contributed by atoms with van der Waals surface area (Å²) in [5, 5.41) is 13.1. The maximum atomic E-state index is 12.0. The summed E-state index contributed by atoms with van der Waals surface area (Å²) < 4.78 is 0.783. The topological polar surface area (TPSA) is 62.2 Å². The first-order valence-electron chi connectivity index (χ1n) is 6.16. The van der Waals surface area contributed by atoms with Crippen molar-refractivity contribution >= 4 is 27.5 Å². The molecule has 0 aliphatic carbocycles.